The Morgan fingerprint density at radius 1 is 1.33 bits per heavy atom. The van der Waals surface area contributed by atoms with Crippen molar-refractivity contribution in [2.45, 2.75) is 20.3 Å². The largest absolute Gasteiger partial charge is 0.385 e. The van der Waals surface area contributed by atoms with Crippen LogP contribution in [0.25, 0.3) is 0 Å². The molecule has 0 fully saturated rings. The van der Waals surface area contributed by atoms with E-state index in [1.165, 1.54) is 0 Å². The summed E-state index contributed by atoms with van der Waals surface area (Å²) in [5, 5.41) is 0. The number of carbonyl (C=O) groups is 1. The van der Waals surface area contributed by atoms with Gasteiger partial charge < -0.3 is 9.47 Å². The Labute approximate surface area is 74.0 Å². The molecule has 0 heterocycles. The lowest BCUT2D eigenvalue weighted by atomic mass is 10.1. The van der Waals surface area contributed by atoms with Crippen molar-refractivity contribution in [1.29, 1.82) is 0 Å². The first kappa shape index (κ1) is 11.6. The first-order valence-electron chi connectivity index (χ1n) is 4.28. The van der Waals surface area contributed by atoms with Gasteiger partial charge in [-0.15, -0.1) is 0 Å². The van der Waals surface area contributed by atoms with Crippen LogP contribution in [0, 0.1) is 5.92 Å². The van der Waals surface area contributed by atoms with E-state index in [0.717, 1.165) is 6.42 Å². The molecule has 0 aromatic carbocycles. The van der Waals surface area contributed by atoms with Gasteiger partial charge in [-0.1, -0.05) is 13.8 Å². The van der Waals surface area contributed by atoms with Crippen molar-refractivity contribution in [1.82, 2.24) is 0 Å². The minimum Gasteiger partial charge on any atom is -0.385 e. The van der Waals surface area contributed by atoms with Gasteiger partial charge in [-0.2, -0.15) is 0 Å². The highest BCUT2D eigenvalue weighted by molar-refractivity contribution is 5.81. The van der Waals surface area contributed by atoms with E-state index in [9.17, 15) is 4.79 Å². The molecular formula is C9H18O3. The maximum absolute atomic E-state index is 11.0. The van der Waals surface area contributed by atoms with Gasteiger partial charge >= 0.3 is 0 Å². The molecule has 0 N–H and O–H groups in total. The molecule has 0 unspecified atom stereocenters. The highest BCUT2D eigenvalue weighted by Crippen LogP contribution is 1.94. The van der Waals surface area contributed by atoms with E-state index in [-0.39, 0.29) is 18.3 Å². The van der Waals surface area contributed by atoms with Crippen LogP contribution in [0.3, 0.4) is 0 Å². The third kappa shape index (κ3) is 6.31. The van der Waals surface area contributed by atoms with E-state index in [1.807, 2.05) is 13.8 Å². The molecule has 3 heteroatoms. The molecule has 0 saturated heterocycles. The standard InChI is InChI=1S/C9H18O3/c1-8(2)9(10)7-12-6-4-5-11-3/h8H,4-7H2,1-3H3. The van der Waals surface area contributed by atoms with E-state index in [1.54, 1.807) is 7.11 Å². The van der Waals surface area contributed by atoms with Crippen LogP contribution < -0.4 is 0 Å². The zero-order valence-corrected chi connectivity index (χ0v) is 8.13. The molecule has 0 atom stereocenters. The fourth-order valence-corrected chi connectivity index (χ4v) is 0.645. The number of hydrogen-bond acceptors (Lipinski definition) is 3. The quantitative estimate of drug-likeness (QED) is 0.545. The van der Waals surface area contributed by atoms with Crippen molar-refractivity contribution in [2.75, 3.05) is 26.9 Å². The Morgan fingerprint density at radius 3 is 2.50 bits per heavy atom. The van der Waals surface area contributed by atoms with Crippen molar-refractivity contribution in [2.24, 2.45) is 5.92 Å². The summed E-state index contributed by atoms with van der Waals surface area (Å²) in [5.41, 5.74) is 0. The van der Waals surface area contributed by atoms with Crippen molar-refractivity contribution in [3.05, 3.63) is 0 Å². The van der Waals surface area contributed by atoms with Gasteiger partial charge in [0.25, 0.3) is 0 Å². The molecule has 0 bridgehead atoms. The predicted molar refractivity (Wildman–Crippen MR) is 47.2 cm³/mol. The van der Waals surface area contributed by atoms with Gasteiger partial charge in [-0.3, -0.25) is 4.79 Å². The Hall–Kier alpha value is -0.410. The molecule has 0 radical (unpaired) electrons. The molecule has 0 aromatic heterocycles. The number of rotatable bonds is 7. The number of carbonyl (C=O) groups excluding carboxylic acids is 1. The molecule has 0 saturated carbocycles. The maximum Gasteiger partial charge on any atom is 0.160 e. The third-order valence-corrected chi connectivity index (χ3v) is 1.53. The van der Waals surface area contributed by atoms with Crippen LogP contribution in [-0.4, -0.2) is 32.7 Å². The Balaban J connectivity index is 3.14. The molecule has 0 rings (SSSR count). The smallest absolute Gasteiger partial charge is 0.160 e. The monoisotopic (exact) mass is 174 g/mol. The lowest BCUT2D eigenvalue weighted by Gasteiger charge is -2.04. The molecular weight excluding hydrogens is 156 g/mol. The van der Waals surface area contributed by atoms with Gasteiger partial charge in [-0.05, 0) is 6.42 Å². The number of ether oxygens (including phenoxy) is 2. The van der Waals surface area contributed by atoms with E-state index < -0.39 is 0 Å². The summed E-state index contributed by atoms with van der Waals surface area (Å²) in [4.78, 5) is 11.0. The first-order valence-corrected chi connectivity index (χ1v) is 4.28. The van der Waals surface area contributed by atoms with E-state index >= 15 is 0 Å². The van der Waals surface area contributed by atoms with Crippen molar-refractivity contribution < 1.29 is 14.3 Å². The Bertz CT molecular complexity index is 121. The van der Waals surface area contributed by atoms with E-state index in [0.29, 0.717) is 13.2 Å². The van der Waals surface area contributed by atoms with Crippen LogP contribution >= 0.6 is 0 Å². The molecule has 0 amide bonds. The summed E-state index contributed by atoms with van der Waals surface area (Å²) in [5.74, 6) is 0.236. The highest BCUT2D eigenvalue weighted by atomic mass is 16.5. The summed E-state index contributed by atoms with van der Waals surface area (Å²) in [6, 6.07) is 0. The zero-order chi connectivity index (χ0) is 9.40. The molecule has 0 aliphatic rings. The van der Waals surface area contributed by atoms with Crippen LogP contribution in [-0.2, 0) is 14.3 Å². The summed E-state index contributed by atoms with van der Waals surface area (Å²) in [6.07, 6.45) is 0.849. The molecule has 72 valence electrons. The average molecular weight is 174 g/mol. The highest BCUT2D eigenvalue weighted by Gasteiger charge is 2.05. The minimum atomic E-state index is 0.0763. The number of Topliss-reactive ketones (excluding diaryl/α,β-unsaturated/α-hetero) is 1. The van der Waals surface area contributed by atoms with Gasteiger partial charge in [-0.25, -0.2) is 0 Å². The van der Waals surface area contributed by atoms with Gasteiger partial charge in [0, 0.05) is 26.2 Å². The second-order valence-electron chi connectivity index (χ2n) is 3.02. The normalized spacial score (nSPS) is 10.7. The second-order valence-corrected chi connectivity index (χ2v) is 3.02. The van der Waals surface area contributed by atoms with Crippen LogP contribution in [0.5, 0.6) is 0 Å². The second kappa shape index (κ2) is 7.25. The topological polar surface area (TPSA) is 35.5 Å². The van der Waals surface area contributed by atoms with Gasteiger partial charge in [0.1, 0.15) is 6.61 Å². The van der Waals surface area contributed by atoms with Crippen molar-refractivity contribution in [3.63, 3.8) is 0 Å². The molecule has 12 heavy (non-hydrogen) atoms. The number of methoxy groups -OCH3 is 1. The molecule has 0 aromatic rings. The van der Waals surface area contributed by atoms with Crippen LogP contribution in [0.4, 0.5) is 0 Å². The van der Waals surface area contributed by atoms with Gasteiger partial charge in [0.05, 0.1) is 0 Å². The third-order valence-electron chi connectivity index (χ3n) is 1.53. The number of hydrogen-bond donors (Lipinski definition) is 0. The van der Waals surface area contributed by atoms with Gasteiger partial charge in [0.15, 0.2) is 5.78 Å². The first-order chi connectivity index (χ1) is 5.68. The van der Waals surface area contributed by atoms with Crippen LogP contribution in [0.1, 0.15) is 20.3 Å². The fraction of sp³-hybridized carbons (Fsp3) is 0.889. The molecule has 3 nitrogen and oxygen atoms in total. The number of ketones is 1. The maximum atomic E-state index is 11.0. The lowest BCUT2D eigenvalue weighted by Crippen LogP contribution is -2.15. The summed E-state index contributed by atoms with van der Waals surface area (Å²) in [6.45, 7) is 5.28. The fourth-order valence-electron chi connectivity index (χ4n) is 0.645. The van der Waals surface area contributed by atoms with Crippen molar-refractivity contribution in [3.8, 4) is 0 Å². The predicted octanol–water partition coefficient (Wildman–Crippen LogP) is 1.26. The molecule has 0 spiro atoms. The minimum absolute atomic E-state index is 0.0763. The zero-order valence-electron chi connectivity index (χ0n) is 8.13. The van der Waals surface area contributed by atoms with Crippen LogP contribution in [0.2, 0.25) is 0 Å². The lowest BCUT2D eigenvalue weighted by molar-refractivity contribution is -0.126. The van der Waals surface area contributed by atoms with E-state index in [4.69, 9.17) is 9.47 Å². The van der Waals surface area contributed by atoms with Crippen molar-refractivity contribution >= 4 is 5.78 Å². The van der Waals surface area contributed by atoms with Gasteiger partial charge in [0.2, 0.25) is 0 Å². The average Bonchev–Trinajstić information content (AvgIpc) is 2.03. The Morgan fingerprint density at radius 2 is 2.00 bits per heavy atom. The van der Waals surface area contributed by atoms with E-state index in [2.05, 4.69) is 0 Å². The SMILES string of the molecule is COCCCOCC(=O)C(C)C. The Kier molecular flexibility index (Phi) is 7.00. The summed E-state index contributed by atoms with van der Waals surface area (Å²) < 4.78 is 9.96. The molecule has 0 aliphatic carbocycles. The molecule has 0 aliphatic heterocycles. The summed E-state index contributed by atoms with van der Waals surface area (Å²) >= 11 is 0. The summed E-state index contributed by atoms with van der Waals surface area (Å²) in [7, 11) is 1.65. The van der Waals surface area contributed by atoms with Crippen LogP contribution in [0.15, 0.2) is 0 Å².